The van der Waals surface area contributed by atoms with Gasteiger partial charge in [-0.2, -0.15) is 0 Å². The minimum atomic E-state index is 0.588. The fourth-order valence-electron chi connectivity index (χ4n) is 7.93. The first-order chi connectivity index (χ1) is 26.8. The van der Waals surface area contributed by atoms with Crippen LogP contribution in [0.2, 0.25) is 0 Å². The normalized spacial score (nSPS) is 11.7. The zero-order chi connectivity index (χ0) is 35.6. The summed E-state index contributed by atoms with van der Waals surface area (Å²) in [6.45, 7) is 0. The predicted octanol–water partition coefficient (Wildman–Crippen LogP) is 13.6. The lowest BCUT2D eigenvalue weighted by Gasteiger charge is -2.27. The molecule has 0 bridgehead atoms. The van der Waals surface area contributed by atoms with Crippen LogP contribution in [0.15, 0.2) is 197 Å². The summed E-state index contributed by atoms with van der Waals surface area (Å²) in [4.78, 5) is 7.18. The number of benzene rings is 8. The van der Waals surface area contributed by atoms with Gasteiger partial charge in [-0.3, -0.25) is 0 Å². The molecule has 0 unspecified atom stereocenters. The van der Waals surface area contributed by atoms with E-state index in [4.69, 9.17) is 13.8 Å². The van der Waals surface area contributed by atoms with Crippen molar-refractivity contribution in [1.82, 2.24) is 9.55 Å². The molecule has 0 radical (unpaired) electrons. The number of nitrogens with zero attached hydrogens (tertiary/aromatic N) is 3. The maximum Gasteiger partial charge on any atom is 0.227 e. The van der Waals surface area contributed by atoms with Gasteiger partial charge < -0.3 is 18.3 Å². The van der Waals surface area contributed by atoms with Gasteiger partial charge in [-0.15, -0.1) is 0 Å². The van der Waals surface area contributed by atoms with Crippen LogP contribution in [0.25, 0.3) is 83.1 Å². The van der Waals surface area contributed by atoms with Crippen molar-refractivity contribution in [2.24, 2.45) is 0 Å². The summed E-state index contributed by atoms with van der Waals surface area (Å²) in [5.74, 6) is 0.588. The monoisotopic (exact) mass is 693 g/mol. The predicted molar refractivity (Wildman–Crippen MR) is 221 cm³/mol. The average Bonchev–Trinajstić information content (AvgIpc) is 3.92. The molecule has 0 fully saturated rings. The van der Waals surface area contributed by atoms with E-state index in [2.05, 4.69) is 155 Å². The molecule has 8 aromatic carbocycles. The Morgan fingerprint density at radius 3 is 1.89 bits per heavy atom. The van der Waals surface area contributed by atoms with E-state index in [9.17, 15) is 0 Å². The summed E-state index contributed by atoms with van der Waals surface area (Å²) >= 11 is 0. The molecule has 0 spiro atoms. The van der Waals surface area contributed by atoms with Gasteiger partial charge in [-0.1, -0.05) is 109 Å². The zero-order valence-electron chi connectivity index (χ0n) is 29.1. The molecule has 0 aliphatic rings. The van der Waals surface area contributed by atoms with Gasteiger partial charge in [0, 0.05) is 44.9 Å². The van der Waals surface area contributed by atoms with Crippen LogP contribution in [-0.2, 0) is 0 Å². The molecular formula is C49H31N3O2. The highest BCUT2D eigenvalue weighted by Crippen LogP contribution is 2.45. The lowest BCUT2D eigenvalue weighted by atomic mass is 10.0. The van der Waals surface area contributed by atoms with Crippen molar-refractivity contribution in [3.63, 3.8) is 0 Å². The first-order valence-electron chi connectivity index (χ1n) is 18.1. The van der Waals surface area contributed by atoms with Crippen molar-refractivity contribution in [3.8, 4) is 28.3 Å². The van der Waals surface area contributed by atoms with Crippen molar-refractivity contribution in [1.29, 1.82) is 0 Å². The van der Waals surface area contributed by atoms with E-state index in [-0.39, 0.29) is 0 Å². The Bertz CT molecular complexity index is 3140. The smallest absolute Gasteiger partial charge is 0.227 e. The minimum absolute atomic E-state index is 0.588. The second-order valence-corrected chi connectivity index (χ2v) is 13.6. The first kappa shape index (κ1) is 30.3. The topological polar surface area (TPSA) is 47.3 Å². The van der Waals surface area contributed by atoms with Crippen LogP contribution in [0.4, 0.5) is 17.1 Å². The molecule has 0 amide bonds. The molecule has 5 nitrogen and oxygen atoms in total. The van der Waals surface area contributed by atoms with Crippen molar-refractivity contribution < 1.29 is 8.83 Å². The summed E-state index contributed by atoms with van der Waals surface area (Å²) < 4.78 is 15.3. The summed E-state index contributed by atoms with van der Waals surface area (Å²) in [5, 5.41) is 4.39. The number of fused-ring (bicyclic) bond motifs is 7. The fraction of sp³-hybridized carbons (Fsp3) is 0. The zero-order valence-corrected chi connectivity index (χ0v) is 29.1. The second-order valence-electron chi connectivity index (χ2n) is 13.6. The fourth-order valence-corrected chi connectivity index (χ4v) is 7.93. The number of anilines is 3. The van der Waals surface area contributed by atoms with Crippen LogP contribution in [0.3, 0.4) is 0 Å². The molecule has 54 heavy (non-hydrogen) atoms. The van der Waals surface area contributed by atoms with E-state index < -0.39 is 0 Å². The Labute approximate surface area is 310 Å². The van der Waals surface area contributed by atoms with Crippen LogP contribution in [0.1, 0.15) is 0 Å². The van der Waals surface area contributed by atoms with Gasteiger partial charge in [-0.25, -0.2) is 4.98 Å². The molecule has 0 atom stereocenters. The molecule has 0 N–H and O–H groups in total. The van der Waals surface area contributed by atoms with E-state index in [0.717, 1.165) is 66.8 Å². The molecule has 3 aromatic heterocycles. The van der Waals surface area contributed by atoms with Crippen LogP contribution in [0.5, 0.6) is 0 Å². The Balaban J connectivity index is 1.16. The number of oxazole rings is 1. The van der Waals surface area contributed by atoms with Gasteiger partial charge in [-0.05, 0) is 83.9 Å². The van der Waals surface area contributed by atoms with Crippen molar-refractivity contribution in [3.05, 3.63) is 188 Å². The SMILES string of the molecule is c1ccc(-c2ccc(N(c3ccc4c5ccccc5n(-c5ccccc5)c4c3)c3cccc4oc5cc6nc(-c7ccccc7)oc6cc5c34)cc2)cc1. The number of rotatable bonds is 6. The van der Waals surface area contributed by atoms with E-state index >= 15 is 0 Å². The molecule has 11 aromatic rings. The molecule has 0 saturated carbocycles. The van der Waals surface area contributed by atoms with Gasteiger partial charge in [0.15, 0.2) is 5.58 Å². The van der Waals surface area contributed by atoms with Crippen molar-refractivity contribution >= 4 is 71.9 Å². The Kier molecular flexibility index (Phi) is 6.79. The molecule has 5 heteroatoms. The number of hydrogen-bond acceptors (Lipinski definition) is 4. The van der Waals surface area contributed by atoms with Crippen molar-refractivity contribution in [2.45, 2.75) is 0 Å². The summed E-state index contributed by atoms with van der Waals surface area (Å²) in [7, 11) is 0. The molecule has 0 aliphatic heterocycles. The van der Waals surface area contributed by atoms with Gasteiger partial charge in [0.2, 0.25) is 5.89 Å². The second kappa shape index (κ2) is 12.1. The minimum Gasteiger partial charge on any atom is -0.456 e. The highest BCUT2D eigenvalue weighted by atomic mass is 16.4. The van der Waals surface area contributed by atoms with E-state index in [1.807, 2.05) is 42.5 Å². The van der Waals surface area contributed by atoms with Crippen molar-refractivity contribution in [2.75, 3.05) is 4.90 Å². The molecule has 0 saturated heterocycles. The Morgan fingerprint density at radius 1 is 0.426 bits per heavy atom. The Hall–Kier alpha value is -7.37. The van der Waals surface area contributed by atoms with E-state index in [1.165, 1.54) is 21.9 Å². The lowest BCUT2D eigenvalue weighted by Crippen LogP contribution is -2.10. The van der Waals surface area contributed by atoms with Gasteiger partial charge >= 0.3 is 0 Å². The number of hydrogen-bond donors (Lipinski definition) is 0. The molecular weight excluding hydrogens is 663 g/mol. The highest BCUT2D eigenvalue weighted by Gasteiger charge is 2.23. The molecule has 254 valence electrons. The maximum absolute atomic E-state index is 6.59. The first-order valence-corrected chi connectivity index (χ1v) is 18.1. The summed E-state index contributed by atoms with van der Waals surface area (Å²) in [6.07, 6.45) is 0. The largest absolute Gasteiger partial charge is 0.456 e. The molecule has 0 aliphatic carbocycles. The average molecular weight is 694 g/mol. The van der Waals surface area contributed by atoms with Crippen LogP contribution < -0.4 is 4.90 Å². The third-order valence-electron chi connectivity index (χ3n) is 10.4. The summed E-state index contributed by atoms with van der Waals surface area (Å²) in [6, 6.07) is 65.7. The van der Waals surface area contributed by atoms with Crippen LogP contribution in [0, 0.1) is 0 Å². The third kappa shape index (κ3) is 4.83. The van der Waals surface area contributed by atoms with Gasteiger partial charge in [0.1, 0.15) is 16.7 Å². The number of para-hydroxylation sites is 2. The Morgan fingerprint density at radius 2 is 1.09 bits per heavy atom. The molecule has 11 rings (SSSR count). The maximum atomic E-state index is 6.59. The van der Waals surface area contributed by atoms with Crippen LogP contribution in [-0.4, -0.2) is 9.55 Å². The number of furan rings is 1. The molecule has 3 heterocycles. The van der Waals surface area contributed by atoms with E-state index in [0.29, 0.717) is 11.5 Å². The highest BCUT2D eigenvalue weighted by molar-refractivity contribution is 6.16. The van der Waals surface area contributed by atoms with Gasteiger partial charge in [0.25, 0.3) is 0 Å². The quantitative estimate of drug-likeness (QED) is 0.174. The van der Waals surface area contributed by atoms with Crippen LogP contribution >= 0.6 is 0 Å². The van der Waals surface area contributed by atoms with Gasteiger partial charge in [0.05, 0.1) is 22.1 Å². The van der Waals surface area contributed by atoms with E-state index in [1.54, 1.807) is 0 Å². The lowest BCUT2D eigenvalue weighted by molar-refractivity contribution is 0.620. The standard InChI is InChI=1S/C49H31N3O2/c1-4-13-32(14-5-1)33-23-25-36(26-24-33)51(37-27-28-39-38-19-10-11-20-42(38)52(44(39)29-37)35-17-8-3-9-18-35)43-21-12-22-45-48(43)40-30-47-41(31-46(40)53-45)50-49(54-47)34-15-6-2-7-16-34/h1-31H. The summed E-state index contributed by atoms with van der Waals surface area (Å²) in [5.41, 5.74) is 12.8. The number of aromatic nitrogens is 2. The third-order valence-corrected chi connectivity index (χ3v) is 10.4.